The lowest BCUT2D eigenvalue weighted by atomic mass is 10.1. The Morgan fingerprint density at radius 2 is 2.05 bits per heavy atom. The third-order valence-electron chi connectivity index (χ3n) is 3.07. The third-order valence-corrected chi connectivity index (χ3v) is 4.91. The molecule has 0 bridgehead atoms. The van der Waals surface area contributed by atoms with Crippen LogP contribution in [0.15, 0.2) is 23.1 Å². The molecule has 0 aliphatic heterocycles. The first-order valence-electron chi connectivity index (χ1n) is 6.68. The van der Waals surface area contributed by atoms with Crippen LogP contribution in [-0.2, 0) is 16.4 Å². The Bertz CT molecular complexity index is 659. The van der Waals surface area contributed by atoms with Gasteiger partial charge in [0.2, 0.25) is 10.0 Å². The van der Waals surface area contributed by atoms with Crippen LogP contribution < -0.4 is 0 Å². The molecule has 0 saturated heterocycles. The number of carbonyl (C=O) groups is 1. The third kappa shape index (κ3) is 3.84. The van der Waals surface area contributed by atoms with Crippen molar-refractivity contribution in [3.63, 3.8) is 0 Å². The van der Waals surface area contributed by atoms with E-state index in [0.29, 0.717) is 24.9 Å². The molecule has 0 aliphatic carbocycles. The molecule has 0 fully saturated rings. The normalized spacial score (nSPS) is 11.3. The summed E-state index contributed by atoms with van der Waals surface area (Å²) in [5.41, 5.74) is 0.608. The lowest BCUT2D eigenvalue weighted by Gasteiger charge is -2.19. The van der Waals surface area contributed by atoms with E-state index in [-0.39, 0.29) is 17.0 Å². The first-order valence-corrected chi connectivity index (χ1v) is 8.12. The summed E-state index contributed by atoms with van der Waals surface area (Å²) >= 11 is 0. The van der Waals surface area contributed by atoms with Crippen molar-refractivity contribution in [1.82, 2.24) is 4.31 Å². The summed E-state index contributed by atoms with van der Waals surface area (Å²) in [6, 6.07) is 4.17. The quantitative estimate of drug-likeness (QED) is 0.782. The number of benzene rings is 1. The molecule has 1 N–H and O–H groups in total. The van der Waals surface area contributed by atoms with Gasteiger partial charge in [-0.3, -0.25) is 0 Å². The molecule has 1 rings (SSSR count). The Morgan fingerprint density at radius 3 is 2.52 bits per heavy atom. The van der Waals surface area contributed by atoms with Crippen molar-refractivity contribution >= 4 is 16.0 Å². The van der Waals surface area contributed by atoms with Gasteiger partial charge in [0.15, 0.2) is 0 Å². The number of hydrogen-bond donors (Lipinski definition) is 1. The van der Waals surface area contributed by atoms with E-state index in [4.69, 9.17) is 6.42 Å². The molecule has 21 heavy (non-hydrogen) atoms. The summed E-state index contributed by atoms with van der Waals surface area (Å²) in [6.07, 6.45) is 6.35. The van der Waals surface area contributed by atoms with Crippen LogP contribution >= 0.6 is 0 Å². The predicted molar refractivity (Wildman–Crippen MR) is 80.7 cm³/mol. The fraction of sp³-hybridized carbons (Fsp3) is 0.400. The highest BCUT2D eigenvalue weighted by Gasteiger charge is 2.24. The molecule has 0 amide bonds. The van der Waals surface area contributed by atoms with Gasteiger partial charge in [-0.1, -0.05) is 25.8 Å². The number of carboxylic acids is 1. The molecule has 1 aromatic carbocycles. The zero-order chi connectivity index (χ0) is 16.0. The molecule has 0 saturated carbocycles. The minimum atomic E-state index is -3.78. The summed E-state index contributed by atoms with van der Waals surface area (Å²) < 4.78 is 26.2. The maximum Gasteiger partial charge on any atom is 0.336 e. The van der Waals surface area contributed by atoms with Crippen LogP contribution in [0.25, 0.3) is 0 Å². The molecule has 0 aromatic heterocycles. The van der Waals surface area contributed by atoms with Gasteiger partial charge in [-0.25, -0.2) is 13.2 Å². The van der Waals surface area contributed by atoms with Crippen LogP contribution in [0, 0.1) is 12.3 Å². The van der Waals surface area contributed by atoms with Crippen LogP contribution in [0.1, 0.15) is 36.2 Å². The number of nitrogens with zero attached hydrogens (tertiary/aromatic N) is 1. The Balaban J connectivity index is 3.34. The number of carboxylic acid groups (broad SMARTS) is 1. The van der Waals surface area contributed by atoms with Gasteiger partial charge in [0.05, 0.1) is 17.0 Å². The van der Waals surface area contributed by atoms with Crippen molar-refractivity contribution in [3.05, 3.63) is 29.3 Å². The van der Waals surface area contributed by atoms with Crippen molar-refractivity contribution in [2.75, 3.05) is 13.1 Å². The molecule has 1 aromatic rings. The summed E-state index contributed by atoms with van der Waals surface area (Å²) in [4.78, 5) is 11.2. The topological polar surface area (TPSA) is 74.7 Å². The first-order chi connectivity index (χ1) is 9.88. The number of aryl methyl sites for hydroxylation is 1. The van der Waals surface area contributed by atoms with E-state index in [0.717, 1.165) is 0 Å². The van der Waals surface area contributed by atoms with Crippen LogP contribution in [0.5, 0.6) is 0 Å². The highest BCUT2D eigenvalue weighted by molar-refractivity contribution is 7.89. The molecule has 0 radical (unpaired) electrons. The SMILES string of the molecule is C#CCN(CCC)S(=O)(=O)c1ccc(CC)c(C(=O)O)c1. The largest absolute Gasteiger partial charge is 0.478 e. The fourth-order valence-electron chi connectivity index (χ4n) is 2.01. The predicted octanol–water partition coefficient (Wildman–Crippen LogP) is 1.98. The van der Waals surface area contributed by atoms with E-state index < -0.39 is 16.0 Å². The molecule has 114 valence electrons. The number of sulfonamides is 1. The minimum Gasteiger partial charge on any atom is -0.478 e. The second-order valence-electron chi connectivity index (χ2n) is 4.52. The van der Waals surface area contributed by atoms with Crippen molar-refractivity contribution in [3.8, 4) is 12.3 Å². The lowest BCUT2D eigenvalue weighted by molar-refractivity contribution is 0.0695. The van der Waals surface area contributed by atoms with Gasteiger partial charge in [0.25, 0.3) is 0 Å². The van der Waals surface area contributed by atoms with E-state index in [1.165, 1.54) is 22.5 Å². The van der Waals surface area contributed by atoms with Crippen molar-refractivity contribution in [1.29, 1.82) is 0 Å². The smallest absolute Gasteiger partial charge is 0.336 e. The van der Waals surface area contributed by atoms with Crippen molar-refractivity contribution in [2.24, 2.45) is 0 Å². The summed E-state index contributed by atoms with van der Waals surface area (Å²) in [7, 11) is -3.78. The molecular weight excluding hydrogens is 290 g/mol. The van der Waals surface area contributed by atoms with Gasteiger partial charge in [0.1, 0.15) is 0 Å². The van der Waals surface area contributed by atoms with Gasteiger partial charge in [-0.15, -0.1) is 6.42 Å². The Morgan fingerprint density at radius 1 is 1.38 bits per heavy atom. The average molecular weight is 309 g/mol. The summed E-state index contributed by atoms with van der Waals surface area (Å²) in [6.45, 7) is 3.93. The van der Waals surface area contributed by atoms with E-state index in [1.54, 1.807) is 0 Å². The number of rotatable bonds is 7. The summed E-state index contributed by atoms with van der Waals surface area (Å²) in [5.74, 6) is 1.18. The van der Waals surface area contributed by atoms with Crippen LogP contribution in [-0.4, -0.2) is 36.9 Å². The van der Waals surface area contributed by atoms with Crippen molar-refractivity contribution < 1.29 is 18.3 Å². The van der Waals surface area contributed by atoms with Gasteiger partial charge in [0, 0.05) is 6.54 Å². The van der Waals surface area contributed by atoms with E-state index in [1.807, 2.05) is 13.8 Å². The van der Waals surface area contributed by atoms with Gasteiger partial charge < -0.3 is 5.11 Å². The van der Waals surface area contributed by atoms with Crippen LogP contribution in [0.2, 0.25) is 0 Å². The highest BCUT2D eigenvalue weighted by Crippen LogP contribution is 2.20. The second kappa shape index (κ2) is 7.25. The minimum absolute atomic E-state index is 0.00994. The van der Waals surface area contributed by atoms with Gasteiger partial charge >= 0.3 is 5.97 Å². The molecule has 0 aliphatic rings. The second-order valence-corrected chi connectivity index (χ2v) is 6.46. The zero-order valence-electron chi connectivity index (χ0n) is 12.2. The molecule has 0 atom stereocenters. The molecule has 6 heteroatoms. The van der Waals surface area contributed by atoms with Crippen LogP contribution in [0.3, 0.4) is 0 Å². The first kappa shape index (κ1) is 17.2. The highest BCUT2D eigenvalue weighted by atomic mass is 32.2. The number of aromatic carboxylic acids is 1. The van der Waals surface area contributed by atoms with Gasteiger partial charge in [-0.05, 0) is 30.5 Å². The molecular formula is C15H19NO4S. The molecule has 0 heterocycles. The van der Waals surface area contributed by atoms with E-state index in [2.05, 4.69) is 5.92 Å². The molecule has 5 nitrogen and oxygen atoms in total. The standard InChI is InChI=1S/C15H19NO4S/c1-4-9-16(10-5-2)21(19,20)13-8-7-12(6-3)14(11-13)15(17)18/h1,7-8,11H,5-6,9-10H2,2-3H3,(H,17,18). The lowest BCUT2D eigenvalue weighted by Crippen LogP contribution is -2.32. The maximum atomic E-state index is 12.5. The molecule has 0 unspecified atom stereocenters. The zero-order valence-corrected chi connectivity index (χ0v) is 13.0. The Kier molecular flexibility index (Phi) is 5.94. The monoisotopic (exact) mass is 309 g/mol. The van der Waals surface area contributed by atoms with Gasteiger partial charge in [-0.2, -0.15) is 4.31 Å². The van der Waals surface area contributed by atoms with Crippen molar-refractivity contribution in [2.45, 2.75) is 31.6 Å². The maximum absolute atomic E-state index is 12.5. The van der Waals surface area contributed by atoms with E-state index >= 15 is 0 Å². The fourth-order valence-corrected chi connectivity index (χ4v) is 3.48. The summed E-state index contributed by atoms with van der Waals surface area (Å²) in [5, 5.41) is 9.19. The van der Waals surface area contributed by atoms with E-state index in [9.17, 15) is 18.3 Å². The molecule has 0 spiro atoms. The van der Waals surface area contributed by atoms with Crippen LogP contribution in [0.4, 0.5) is 0 Å². The number of hydrogen-bond acceptors (Lipinski definition) is 3. The average Bonchev–Trinajstić information content (AvgIpc) is 2.46. The Hall–Kier alpha value is -1.84. The Labute approximate surface area is 125 Å². The number of terminal acetylenes is 1.